The Kier molecular flexibility index (Phi) is 4.73. The van der Waals surface area contributed by atoms with E-state index in [0.29, 0.717) is 12.2 Å². The van der Waals surface area contributed by atoms with Crippen LogP contribution in [0.25, 0.3) is 0 Å². The van der Waals surface area contributed by atoms with Crippen LogP contribution in [-0.2, 0) is 10.2 Å². The summed E-state index contributed by atoms with van der Waals surface area (Å²) in [5.41, 5.74) is 1.37. The first kappa shape index (κ1) is 13.8. The maximum absolute atomic E-state index is 11.4. The zero-order chi connectivity index (χ0) is 12.9. The summed E-state index contributed by atoms with van der Waals surface area (Å²) in [6.45, 7) is 8.55. The van der Waals surface area contributed by atoms with Crippen molar-refractivity contribution in [3.8, 4) is 5.75 Å². The largest absolute Gasteiger partial charge is 0.427 e. The number of hydrogen-bond donors (Lipinski definition) is 0. The second-order valence-corrected chi connectivity index (χ2v) is 5.35. The lowest BCUT2D eigenvalue weighted by molar-refractivity contribution is -0.134. The van der Waals surface area contributed by atoms with Crippen LogP contribution in [0, 0.1) is 0 Å². The average molecular weight is 234 g/mol. The second kappa shape index (κ2) is 5.85. The van der Waals surface area contributed by atoms with E-state index < -0.39 is 0 Å². The first-order valence-electron chi connectivity index (χ1n) is 6.24. The minimum absolute atomic E-state index is 0.130. The van der Waals surface area contributed by atoms with Gasteiger partial charge in [-0.3, -0.25) is 4.79 Å². The lowest BCUT2D eigenvalue weighted by Gasteiger charge is -2.18. The molecule has 0 saturated carbocycles. The summed E-state index contributed by atoms with van der Waals surface area (Å²) in [6.07, 6.45) is 2.40. The van der Waals surface area contributed by atoms with Crippen molar-refractivity contribution in [1.29, 1.82) is 0 Å². The molecule has 0 amide bonds. The van der Waals surface area contributed by atoms with Gasteiger partial charge in [-0.2, -0.15) is 0 Å². The van der Waals surface area contributed by atoms with E-state index in [9.17, 15) is 4.79 Å². The predicted octanol–water partition coefficient (Wildman–Crippen LogP) is 4.08. The van der Waals surface area contributed by atoms with Crippen molar-refractivity contribution in [3.63, 3.8) is 0 Å². The van der Waals surface area contributed by atoms with E-state index in [4.69, 9.17) is 4.74 Å². The van der Waals surface area contributed by atoms with E-state index in [1.54, 1.807) is 0 Å². The maximum atomic E-state index is 11.4. The third-order valence-electron chi connectivity index (χ3n) is 2.69. The fourth-order valence-corrected chi connectivity index (χ4v) is 1.53. The van der Waals surface area contributed by atoms with Crippen LogP contribution in [-0.4, -0.2) is 5.97 Å². The van der Waals surface area contributed by atoms with Crippen molar-refractivity contribution in [3.05, 3.63) is 29.8 Å². The van der Waals surface area contributed by atoms with Crippen LogP contribution in [0.1, 0.15) is 52.5 Å². The van der Waals surface area contributed by atoms with E-state index in [0.717, 1.165) is 12.8 Å². The average Bonchev–Trinajstić information content (AvgIpc) is 2.26. The molecule has 1 aromatic carbocycles. The SMILES string of the molecule is CCCCC(=O)Oc1ccc(C(C)(C)C)cc1. The lowest BCUT2D eigenvalue weighted by Crippen LogP contribution is -2.11. The van der Waals surface area contributed by atoms with Crippen molar-refractivity contribution in [2.24, 2.45) is 0 Å². The van der Waals surface area contributed by atoms with Gasteiger partial charge in [-0.15, -0.1) is 0 Å². The number of rotatable bonds is 4. The van der Waals surface area contributed by atoms with Crippen LogP contribution < -0.4 is 4.74 Å². The van der Waals surface area contributed by atoms with Crippen LogP contribution in [0.4, 0.5) is 0 Å². The monoisotopic (exact) mass is 234 g/mol. The number of unbranched alkanes of at least 4 members (excludes halogenated alkanes) is 1. The molecule has 2 nitrogen and oxygen atoms in total. The van der Waals surface area contributed by atoms with Crippen molar-refractivity contribution in [1.82, 2.24) is 0 Å². The molecule has 0 aliphatic heterocycles. The van der Waals surface area contributed by atoms with E-state index in [-0.39, 0.29) is 11.4 Å². The topological polar surface area (TPSA) is 26.3 Å². The van der Waals surface area contributed by atoms with Crippen LogP contribution in [0.2, 0.25) is 0 Å². The van der Waals surface area contributed by atoms with Gasteiger partial charge in [0.15, 0.2) is 0 Å². The number of hydrogen-bond acceptors (Lipinski definition) is 2. The van der Waals surface area contributed by atoms with Crippen LogP contribution in [0.3, 0.4) is 0 Å². The van der Waals surface area contributed by atoms with Gasteiger partial charge in [0.2, 0.25) is 0 Å². The molecule has 1 aromatic rings. The van der Waals surface area contributed by atoms with Gasteiger partial charge in [-0.05, 0) is 29.5 Å². The molecule has 0 atom stereocenters. The van der Waals surface area contributed by atoms with Gasteiger partial charge < -0.3 is 4.74 Å². The van der Waals surface area contributed by atoms with E-state index >= 15 is 0 Å². The van der Waals surface area contributed by atoms with Gasteiger partial charge in [-0.1, -0.05) is 46.2 Å². The Hall–Kier alpha value is -1.31. The standard InChI is InChI=1S/C15H22O2/c1-5-6-7-14(16)17-13-10-8-12(9-11-13)15(2,3)4/h8-11H,5-7H2,1-4H3. The molecule has 0 heterocycles. The molecule has 0 bridgehead atoms. The third-order valence-corrected chi connectivity index (χ3v) is 2.69. The molecule has 0 aliphatic rings. The Balaban J connectivity index is 2.60. The summed E-state index contributed by atoms with van der Waals surface area (Å²) in [5, 5.41) is 0. The molecule has 0 radical (unpaired) electrons. The van der Waals surface area contributed by atoms with E-state index in [2.05, 4.69) is 27.7 Å². The smallest absolute Gasteiger partial charge is 0.311 e. The minimum atomic E-state index is -0.143. The highest BCUT2D eigenvalue weighted by atomic mass is 16.5. The first-order chi connectivity index (χ1) is 7.93. The number of carbonyl (C=O) groups excluding carboxylic acids is 1. The Labute approximate surface area is 104 Å². The van der Waals surface area contributed by atoms with Crippen LogP contribution in [0.15, 0.2) is 24.3 Å². The summed E-state index contributed by atoms with van der Waals surface area (Å²) < 4.78 is 5.25. The highest BCUT2D eigenvalue weighted by Gasteiger charge is 2.13. The van der Waals surface area contributed by atoms with Crippen molar-refractivity contribution in [2.75, 3.05) is 0 Å². The molecule has 17 heavy (non-hydrogen) atoms. The molecule has 2 heteroatoms. The normalized spacial score (nSPS) is 11.3. The molecule has 0 saturated heterocycles. The summed E-state index contributed by atoms with van der Waals surface area (Å²) in [4.78, 5) is 11.4. The molecule has 0 aliphatic carbocycles. The predicted molar refractivity (Wildman–Crippen MR) is 70.3 cm³/mol. The highest BCUT2D eigenvalue weighted by molar-refractivity contribution is 5.72. The molecular formula is C15H22O2. The van der Waals surface area contributed by atoms with Crippen LogP contribution in [0.5, 0.6) is 5.75 Å². The van der Waals surface area contributed by atoms with Crippen molar-refractivity contribution in [2.45, 2.75) is 52.4 Å². The van der Waals surface area contributed by atoms with E-state index in [1.807, 2.05) is 24.3 Å². The molecule has 0 N–H and O–H groups in total. The molecule has 1 rings (SSSR count). The van der Waals surface area contributed by atoms with Gasteiger partial charge in [0.05, 0.1) is 0 Å². The zero-order valence-electron chi connectivity index (χ0n) is 11.2. The van der Waals surface area contributed by atoms with Gasteiger partial charge in [0.25, 0.3) is 0 Å². The quantitative estimate of drug-likeness (QED) is 0.579. The summed E-state index contributed by atoms with van der Waals surface area (Å²) in [7, 11) is 0. The Morgan fingerprint density at radius 2 is 1.76 bits per heavy atom. The third kappa shape index (κ3) is 4.59. The van der Waals surface area contributed by atoms with Gasteiger partial charge >= 0.3 is 5.97 Å². The first-order valence-corrected chi connectivity index (χ1v) is 6.24. The fourth-order valence-electron chi connectivity index (χ4n) is 1.53. The lowest BCUT2D eigenvalue weighted by atomic mass is 9.87. The van der Waals surface area contributed by atoms with Crippen LogP contribution >= 0.6 is 0 Å². The number of ether oxygens (including phenoxy) is 1. The van der Waals surface area contributed by atoms with Crippen molar-refractivity contribution < 1.29 is 9.53 Å². The van der Waals surface area contributed by atoms with Gasteiger partial charge in [0.1, 0.15) is 5.75 Å². The Morgan fingerprint density at radius 1 is 1.18 bits per heavy atom. The molecule has 0 aromatic heterocycles. The number of carbonyl (C=O) groups is 1. The molecule has 0 spiro atoms. The molecule has 94 valence electrons. The molecular weight excluding hydrogens is 212 g/mol. The highest BCUT2D eigenvalue weighted by Crippen LogP contribution is 2.24. The minimum Gasteiger partial charge on any atom is -0.427 e. The Morgan fingerprint density at radius 3 is 2.24 bits per heavy atom. The summed E-state index contributed by atoms with van der Waals surface area (Å²) in [6, 6.07) is 7.76. The molecule has 0 unspecified atom stereocenters. The second-order valence-electron chi connectivity index (χ2n) is 5.35. The fraction of sp³-hybridized carbons (Fsp3) is 0.533. The maximum Gasteiger partial charge on any atom is 0.311 e. The summed E-state index contributed by atoms with van der Waals surface area (Å²) >= 11 is 0. The molecule has 0 fully saturated rings. The van der Waals surface area contributed by atoms with Gasteiger partial charge in [-0.25, -0.2) is 0 Å². The Bertz CT molecular complexity index is 358. The van der Waals surface area contributed by atoms with E-state index in [1.165, 1.54) is 5.56 Å². The number of benzene rings is 1. The van der Waals surface area contributed by atoms with Gasteiger partial charge in [0, 0.05) is 6.42 Å². The summed E-state index contributed by atoms with van der Waals surface area (Å²) in [5.74, 6) is 0.495. The number of esters is 1. The van der Waals surface area contributed by atoms with Crippen molar-refractivity contribution >= 4 is 5.97 Å². The zero-order valence-corrected chi connectivity index (χ0v) is 11.2.